The molecule has 0 spiro atoms. The van der Waals surface area contributed by atoms with Gasteiger partial charge in [0.15, 0.2) is 0 Å². The van der Waals surface area contributed by atoms with Crippen molar-refractivity contribution < 1.29 is 21.9 Å². The zero-order valence-corrected chi connectivity index (χ0v) is 19.9. The van der Waals surface area contributed by atoms with Crippen molar-refractivity contribution in [3.05, 3.63) is 0 Å². The summed E-state index contributed by atoms with van der Waals surface area (Å²) in [4.78, 5) is 11.3. The van der Waals surface area contributed by atoms with Gasteiger partial charge in [-0.15, -0.1) is 6.42 Å². The topological polar surface area (TPSA) is 82.8 Å². The number of ether oxygens (including phenoxy) is 3. The van der Waals surface area contributed by atoms with Gasteiger partial charge in [-0.05, 0) is 19.4 Å². The molecule has 0 aromatic carbocycles. The molecule has 8 heteroatoms. The second-order valence-corrected chi connectivity index (χ2v) is 9.67. The molecule has 3 N–H and O–H groups in total. The molecule has 0 saturated heterocycles. The van der Waals surface area contributed by atoms with Crippen molar-refractivity contribution >= 4 is 27.5 Å². The molecular weight excluding hydrogens is 420 g/mol. The first kappa shape index (κ1) is 36.9. The minimum atomic E-state index is -0.105. The first-order chi connectivity index (χ1) is 13.4. The van der Waals surface area contributed by atoms with Crippen LogP contribution in [0.25, 0.3) is 0 Å². The minimum Gasteiger partial charge on any atom is -0.379 e. The molecule has 186 valence electrons. The highest BCUT2D eigenvalue weighted by Crippen LogP contribution is 2.39. The maximum Gasteiger partial charge on any atom is 0.223 e. The number of carbonyl (C=O) groups excluding carboxylic acids is 1. The van der Waals surface area contributed by atoms with Crippen molar-refractivity contribution in [2.45, 2.75) is 78.9 Å². The molecule has 0 aliphatic carbocycles. The lowest BCUT2D eigenvalue weighted by molar-refractivity contribution is -0.122. The third kappa shape index (κ3) is 29.8. The van der Waals surface area contributed by atoms with Gasteiger partial charge in [0.05, 0.1) is 39.6 Å². The van der Waals surface area contributed by atoms with Gasteiger partial charge in [0.25, 0.3) is 0 Å². The lowest BCUT2D eigenvalue weighted by Crippen LogP contribution is -2.24. The van der Waals surface area contributed by atoms with E-state index in [2.05, 4.69) is 32.0 Å². The van der Waals surface area contributed by atoms with E-state index in [1.54, 1.807) is 10.8 Å². The molecule has 0 rings (SSSR count). The Balaban J connectivity index is -0.000000273. The zero-order valence-electron chi connectivity index (χ0n) is 18.3. The fourth-order valence-electron chi connectivity index (χ4n) is 1.61. The summed E-state index contributed by atoms with van der Waals surface area (Å²) in [7, 11) is 3.58. The summed E-state index contributed by atoms with van der Waals surface area (Å²) in [5, 5.41) is 2.58. The highest BCUT2D eigenvalue weighted by atomic mass is 33.1. The monoisotopic (exact) mass is 472 g/mol. The van der Waals surface area contributed by atoms with E-state index in [0.29, 0.717) is 46.0 Å². The fraction of sp³-hybridized carbons (Fsp3) is 0.864. The number of hydrogen-bond acceptors (Lipinski definition) is 7. The zero-order chi connectivity index (χ0) is 21.7. The molecule has 0 bridgehead atoms. The van der Waals surface area contributed by atoms with Gasteiger partial charge in [0.1, 0.15) is 5.44 Å². The Labute approximate surface area is 197 Å². The first-order valence-corrected chi connectivity index (χ1v) is 12.1. The molecule has 30 heavy (non-hydrogen) atoms. The number of nitrogens with one attached hydrogen (secondary N) is 1. The summed E-state index contributed by atoms with van der Waals surface area (Å²) in [5.41, 5.74) is 5.72. The number of carbonyl (C=O) groups is 1. The Morgan fingerprint density at radius 3 is 2.23 bits per heavy atom. The van der Waals surface area contributed by atoms with Crippen LogP contribution in [0.5, 0.6) is 0 Å². The van der Waals surface area contributed by atoms with Crippen LogP contribution < -0.4 is 11.1 Å². The van der Waals surface area contributed by atoms with Gasteiger partial charge >= 0.3 is 0 Å². The molecule has 1 unspecified atom stereocenters. The number of hydrogen-bond donors (Lipinski definition) is 2. The van der Waals surface area contributed by atoms with Crippen LogP contribution in [0, 0.1) is 12.3 Å². The summed E-state index contributed by atoms with van der Waals surface area (Å²) < 4.78 is 16.9. The van der Waals surface area contributed by atoms with Gasteiger partial charge in [-0.2, -0.15) is 0 Å². The lowest BCUT2D eigenvalue weighted by atomic mass is 10.3. The summed E-state index contributed by atoms with van der Waals surface area (Å²) in [6, 6.07) is 0. The lowest BCUT2D eigenvalue weighted by Gasteiger charge is -2.22. The predicted molar refractivity (Wildman–Crippen MR) is 140 cm³/mol. The fourth-order valence-corrected chi connectivity index (χ4v) is 4.06. The molecule has 0 heterocycles. The van der Waals surface area contributed by atoms with Crippen molar-refractivity contribution in [3.8, 4) is 12.3 Å². The first-order valence-electron chi connectivity index (χ1n) is 9.91. The smallest absolute Gasteiger partial charge is 0.223 e. The normalized spacial score (nSPS) is 11.1. The molecule has 6 nitrogen and oxygen atoms in total. The quantitative estimate of drug-likeness (QED) is 0.138. The molecule has 0 radical (unpaired) electrons. The summed E-state index contributed by atoms with van der Waals surface area (Å²) in [5.74, 6) is 2.24. The highest BCUT2D eigenvalue weighted by molar-refractivity contribution is 8.77. The molecular formula is C22H52N2O4S2. The van der Waals surface area contributed by atoms with Gasteiger partial charge in [-0.3, -0.25) is 4.79 Å². The van der Waals surface area contributed by atoms with Gasteiger partial charge in [-0.1, -0.05) is 77.0 Å². The minimum absolute atomic E-state index is 0. The van der Waals surface area contributed by atoms with Crippen molar-refractivity contribution in [2.75, 3.05) is 46.1 Å². The van der Waals surface area contributed by atoms with E-state index in [9.17, 15) is 4.79 Å². The average molecular weight is 473 g/mol. The van der Waals surface area contributed by atoms with Crippen LogP contribution >= 0.6 is 21.6 Å². The van der Waals surface area contributed by atoms with E-state index in [1.807, 2.05) is 24.6 Å². The molecule has 0 aromatic heterocycles. The SMILES string of the molecule is C.C.C#CCNC(=O)CCOCCOCCOC(CCCN)SSC(C)(C)C.CC.[HH].[HH]. The van der Waals surface area contributed by atoms with Crippen molar-refractivity contribution in [3.63, 3.8) is 0 Å². The van der Waals surface area contributed by atoms with Gasteiger partial charge in [-0.25, -0.2) is 0 Å². The Morgan fingerprint density at radius 1 is 1.13 bits per heavy atom. The van der Waals surface area contributed by atoms with Crippen molar-refractivity contribution in [1.29, 1.82) is 0 Å². The van der Waals surface area contributed by atoms with E-state index in [-0.39, 0.29) is 40.3 Å². The van der Waals surface area contributed by atoms with Crippen LogP contribution in [0.15, 0.2) is 0 Å². The molecule has 0 aliphatic heterocycles. The maximum absolute atomic E-state index is 11.3. The predicted octanol–water partition coefficient (Wildman–Crippen LogP) is 5.21. The molecule has 0 saturated carbocycles. The Bertz CT molecular complexity index is 410. The summed E-state index contributed by atoms with van der Waals surface area (Å²) in [6.45, 7) is 13.8. The average Bonchev–Trinajstić information content (AvgIpc) is 2.67. The van der Waals surface area contributed by atoms with E-state index in [0.717, 1.165) is 12.8 Å². The van der Waals surface area contributed by atoms with E-state index >= 15 is 0 Å². The second kappa shape index (κ2) is 26.6. The van der Waals surface area contributed by atoms with Crippen molar-refractivity contribution in [1.82, 2.24) is 5.32 Å². The van der Waals surface area contributed by atoms with Gasteiger partial charge in [0, 0.05) is 14.0 Å². The van der Waals surface area contributed by atoms with Crippen LogP contribution in [0.4, 0.5) is 0 Å². The molecule has 0 aromatic rings. The largest absolute Gasteiger partial charge is 0.379 e. The number of amides is 1. The van der Waals surface area contributed by atoms with Crippen LogP contribution in [-0.2, 0) is 19.0 Å². The van der Waals surface area contributed by atoms with Crippen LogP contribution in [0.3, 0.4) is 0 Å². The Kier molecular flexibility index (Phi) is 32.7. The standard InChI is InChI=1S/C18H34N2O4S2.C2H6.2CH4.2H2/c1-5-10-20-16(21)8-11-22-12-13-23-14-15-24-17(7-6-9-19)25-26-18(2,3)4;1-2;;;;/h1,17H,6-15,19H2,2-4H3,(H,20,21);1-2H3;2*1H4;2*1H. The summed E-state index contributed by atoms with van der Waals surface area (Å²) in [6.07, 6.45) is 7.25. The molecule has 0 fully saturated rings. The van der Waals surface area contributed by atoms with E-state index in [4.69, 9.17) is 26.4 Å². The van der Waals surface area contributed by atoms with Crippen LogP contribution in [0.1, 0.15) is 71.6 Å². The second-order valence-electron chi connectivity index (χ2n) is 6.48. The Hall–Kier alpha value is -0.430. The third-order valence-electron chi connectivity index (χ3n) is 2.81. The molecule has 1 atom stereocenters. The number of terminal acetylenes is 1. The molecule has 0 aliphatic rings. The van der Waals surface area contributed by atoms with Crippen LogP contribution in [0.2, 0.25) is 0 Å². The van der Waals surface area contributed by atoms with Crippen molar-refractivity contribution in [2.24, 2.45) is 5.73 Å². The van der Waals surface area contributed by atoms with E-state index in [1.165, 1.54) is 0 Å². The van der Waals surface area contributed by atoms with Crippen LogP contribution in [-0.4, -0.2) is 62.2 Å². The van der Waals surface area contributed by atoms with E-state index < -0.39 is 0 Å². The highest BCUT2D eigenvalue weighted by Gasteiger charge is 2.17. The van der Waals surface area contributed by atoms with Gasteiger partial charge < -0.3 is 25.3 Å². The Morgan fingerprint density at radius 2 is 1.70 bits per heavy atom. The third-order valence-corrected chi connectivity index (χ3v) is 6.43. The number of nitrogens with two attached hydrogens (primary N) is 1. The van der Waals surface area contributed by atoms with Gasteiger partial charge in [0.2, 0.25) is 5.91 Å². The molecule has 1 amide bonds. The summed E-state index contributed by atoms with van der Waals surface area (Å²) >= 11 is 0. The maximum atomic E-state index is 11.3. The number of rotatable bonds is 16.